The Kier molecular flexibility index (Phi) is 6.00. The van der Waals surface area contributed by atoms with Gasteiger partial charge in [0.25, 0.3) is 0 Å². The van der Waals surface area contributed by atoms with Gasteiger partial charge in [-0.3, -0.25) is 0 Å². The molecule has 6 nitrogen and oxygen atoms in total. The van der Waals surface area contributed by atoms with Crippen LogP contribution < -0.4 is 10.3 Å². The summed E-state index contributed by atoms with van der Waals surface area (Å²) in [6.45, 7) is 0. The number of hydrazine groups is 1. The molecule has 0 aliphatic rings. The lowest BCUT2D eigenvalue weighted by Crippen LogP contribution is -2.19. The van der Waals surface area contributed by atoms with E-state index in [0.29, 0.717) is 16.8 Å². The molecule has 0 aliphatic carbocycles. The van der Waals surface area contributed by atoms with E-state index in [2.05, 4.69) is 10.5 Å². The molecule has 1 heterocycles. The molecular weight excluding hydrogens is 486 g/mol. The van der Waals surface area contributed by atoms with Gasteiger partial charge in [0.15, 0.2) is 5.69 Å². The van der Waals surface area contributed by atoms with Crippen molar-refractivity contribution in [1.29, 1.82) is 0 Å². The third-order valence-corrected chi connectivity index (χ3v) is 5.19. The largest absolute Gasteiger partial charge is 0.435 e. The van der Waals surface area contributed by atoms with Gasteiger partial charge in [0.2, 0.25) is 10.9 Å². The highest BCUT2D eigenvalue weighted by atomic mass is 32.2. The molecule has 0 bridgehead atoms. The summed E-state index contributed by atoms with van der Waals surface area (Å²) in [7, 11) is -2.91. The molecule has 4 aromatic rings. The van der Waals surface area contributed by atoms with Crippen molar-refractivity contribution in [3.8, 4) is 16.8 Å². The number of alkyl halides is 6. The Morgan fingerprint density at radius 3 is 1.94 bits per heavy atom. The number of fused-ring (bicyclic) bond motifs is 1. The molecule has 1 aromatic heterocycles. The molecular formula is C21H14F6N4O2S. The fourth-order valence-corrected chi connectivity index (χ4v) is 3.57. The van der Waals surface area contributed by atoms with Crippen LogP contribution in [-0.4, -0.2) is 18.2 Å². The summed E-state index contributed by atoms with van der Waals surface area (Å²) in [5.41, 5.74) is 1.90. The smallest absolute Gasteiger partial charge is 0.308 e. The minimum Gasteiger partial charge on any atom is -0.308 e. The van der Waals surface area contributed by atoms with Gasteiger partial charge in [-0.15, -0.1) is 4.83 Å². The minimum absolute atomic E-state index is 0.0891. The molecule has 0 radical (unpaired) electrons. The molecule has 4 rings (SSSR count). The van der Waals surface area contributed by atoms with E-state index < -0.39 is 34.5 Å². The van der Waals surface area contributed by atoms with Gasteiger partial charge in [0.05, 0.1) is 16.8 Å². The van der Waals surface area contributed by atoms with Gasteiger partial charge >= 0.3 is 12.4 Å². The predicted molar refractivity (Wildman–Crippen MR) is 114 cm³/mol. The Morgan fingerprint density at radius 2 is 1.38 bits per heavy atom. The molecule has 34 heavy (non-hydrogen) atoms. The molecule has 0 saturated heterocycles. The zero-order valence-corrected chi connectivity index (χ0v) is 17.7. The van der Waals surface area contributed by atoms with Crippen LogP contribution in [0, 0.1) is 0 Å². The van der Waals surface area contributed by atoms with E-state index in [1.54, 1.807) is 0 Å². The molecule has 0 spiro atoms. The van der Waals surface area contributed by atoms with Crippen molar-refractivity contribution in [2.45, 2.75) is 12.4 Å². The average molecular weight is 500 g/mol. The second kappa shape index (κ2) is 8.65. The number of nitrogens with one attached hydrogen (secondary N) is 2. The van der Waals surface area contributed by atoms with E-state index in [1.807, 2.05) is 4.83 Å². The second-order valence-corrected chi connectivity index (χ2v) is 7.84. The fourth-order valence-electron chi connectivity index (χ4n) is 3.35. The van der Waals surface area contributed by atoms with Crippen LogP contribution in [0.25, 0.3) is 27.7 Å². The van der Waals surface area contributed by atoms with Crippen molar-refractivity contribution in [3.63, 3.8) is 0 Å². The predicted octanol–water partition coefficient (Wildman–Crippen LogP) is 5.17. The molecule has 178 valence electrons. The number of aromatic nitrogens is 2. The first-order valence-electron chi connectivity index (χ1n) is 9.47. The Morgan fingerprint density at radius 1 is 0.765 bits per heavy atom. The molecule has 0 fully saturated rings. The van der Waals surface area contributed by atoms with Crippen LogP contribution in [0.4, 0.5) is 32.0 Å². The van der Waals surface area contributed by atoms with Crippen molar-refractivity contribution in [2.24, 2.45) is 0 Å². The van der Waals surface area contributed by atoms with Crippen molar-refractivity contribution in [2.75, 3.05) is 5.43 Å². The third-order valence-electron chi connectivity index (χ3n) is 4.90. The van der Waals surface area contributed by atoms with Gasteiger partial charge in [-0.05, 0) is 59.7 Å². The van der Waals surface area contributed by atoms with Crippen molar-refractivity contribution >= 4 is 27.5 Å². The van der Waals surface area contributed by atoms with Crippen LogP contribution in [0.15, 0.2) is 66.7 Å². The number of benzene rings is 3. The Bertz CT molecular complexity index is 1400. The molecule has 0 unspecified atom stereocenters. The zero-order valence-electron chi connectivity index (χ0n) is 16.8. The number of halogens is 6. The molecule has 2 N–H and O–H groups in total. The van der Waals surface area contributed by atoms with E-state index in [-0.39, 0.29) is 16.6 Å². The molecule has 13 heteroatoms. The van der Waals surface area contributed by atoms with E-state index in [1.165, 1.54) is 54.6 Å². The molecule has 0 atom stereocenters. The number of thiol groups is 1. The lowest BCUT2D eigenvalue weighted by molar-refractivity contribution is -0.140. The topological polar surface area (TPSA) is 76.0 Å². The molecule has 0 saturated carbocycles. The minimum atomic E-state index is -4.75. The van der Waals surface area contributed by atoms with Crippen LogP contribution in [0.1, 0.15) is 11.3 Å². The van der Waals surface area contributed by atoms with Gasteiger partial charge in [0, 0.05) is 11.1 Å². The number of rotatable bonds is 5. The number of hydrogen-bond acceptors (Lipinski definition) is 4. The molecule has 3 aromatic carbocycles. The maximum Gasteiger partial charge on any atom is 0.435 e. The highest BCUT2D eigenvalue weighted by Gasteiger charge is 2.37. The first kappa shape index (κ1) is 23.6. The van der Waals surface area contributed by atoms with Crippen LogP contribution in [0.3, 0.4) is 0 Å². The Balaban J connectivity index is 1.80. The summed E-state index contributed by atoms with van der Waals surface area (Å²) in [5, 5.41) is 3.54. The van der Waals surface area contributed by atoms with E-state index in [0.717, 1.165) is 16.8 Å². The highest BCUT2D eigenvalue weighted by molar-refractivity contribution is 7.70. The van der Waals surface area contributed by atoms with Crippen molar-refractivity contribution in [1.82, 2.24) is 14.6 Å². The summed E-state index contributed by atoms with van der Waals surface area (Å²) < 4.78 is 102. The van der Waals surface area contributed by atoms with E-state index >= 15 is 0 Å². The van der Waals surface area contributed by atoms with E-state index in [4.69, 9.17) is 0 Å². The van der Waals surface area contributed by atoms with Gasteiger partial charge in [0.1, 0.15) is 0 Å². The van der Waals surface area contributed by atoms with Gasteiger partial charge in [-0.25, -0.2) is 13.1 Å². The van der Waals surface area contributed by atoms with Crippen molar-refractivity contribution < 1.29 is 34.8 Å². The summed E-state index contributed by atoms with van der Waals surface area (Å²) in [5.74, 6) is 0. The van der Waals surface area contributed by atoms with Crippen LogP contribution in [-0.2, 0) is 23.2 Å². The van der Waals surface area contributed by atoms with Crippen LogP contribution in [0.2, 0.25) is 0 Å². The monoisotopic (exact) mass is 500 g/mol. The van der Waals surface area contributed by atoms with Gasteiger partial charge in [-0.2, -0.15) is 31.4 Å². The highest BCUT2D eigenvalue weighted by Crippen LogP contribution is 2.37. The average Bonchev–Trinajstić information content (AvgIpc) is 3.17. The molecule has 0 aliphatic heterocycles. The lowest BCUT2D eigenvalue weighted by atomic mass is 10.0. The van der Waals surface area contributed by atoms with Crippen molar-refractivity contribution in [3.05, 3.63) is 78.0 Å². The first-order valence-corrected chi connectivity index (χ1v) is 10.7. The van der Waals surface area contributed by atoms with Gasteiger partial charge < -0.3 is 5.43 Å². The summed E-state index contributed by atoms with van der Waals surface area (Å²) >= 11 is 0. The number of anilines is 1. The quantitative estimate of drug-likeness (QED) is 0.201. The number of nitrogens with zero attached hydrogens (tertiary/aromatic N) is 2. The maximum atomic E-state index is 13.6. The Labute approximate surface area is 189 Å². The molecule has 0 amide bonds. The number of hydrogen-bond donors (Lipinski definition) is 3. The van der Waals surface area contributed by atoms with E-state index in [9.17, 15) is 34.8 Å². The second-order valence-electron chi connectivity index (χ2n) is 7.11. The summed E-state index contributed by atoms with van der Waals surface area (Å²) in [6, 6.07) is 14.0. The third kappa shape index (κ3) is 4.84. The summed E-state index contributed by atoms with van der Waals surface area (Å²) in [6.07, 6.45) is -9.26. The SMILES string of the molecule is O=[SH](=O)NNc1ccc(-n2nc(C(F)(F)F)c3ccc(-c4ccc(C(F)(F)F)cc4)cc32)cc1. The normalized spacial score (nSPS) is 12.4. The maximum absolute atomic E-state index is 13.6. The van der Waals surface area contributed by atoms with Gasteiger partial charge in [-0.1, -0.05) is 18.2 Å². The fraction of sp³-hybridized carbons (Fsp3) is 0.0952. The Hall–Kier alpha value is -3.58. The zero-order chi connectivity index (χ0) is 24.7. The standard InChI is InChI=1S/C21H14F6N4O2S/c22-20(23,24)14-4-1-12(2-5-14)13-3-10-17-18(11-13)31(29-19(17)21(25,26)27)16-8-6-15(7-9-16)28-30-34(32)33/h1-11,28,34H,(H,30,32,33). The van der Waals surface area contributed by atoms with Crippen LogP contribution in [0.5, 0.6) is 0 Å². The lowest BCUT2D eigenvalue weighted by Gasteiger charge is -2.09. The summed E-state index contributed by atoms with van der Waals surface area (Å²) in [4.78, 5) is 1.98. The van der Waals surface area contributed by atoms with Crippen LogP contribution >= 0.6 is 0 Å². The first-order chi connectivity index (χ1) is 15.9.